The fraction of sp³-hybridized carbons (Fsp3) is 0.364. The van der Waals surface area contributed by atoms with Crippen LogP contribution in [0.15, 0.2) is 53.0 Å². The molecule has 0 heterocycles. The third-order valence-corrected chi connectivity index (χ3v) is 5.46. The number of Topliss-reactive ketones (excluding diaryl/α,β-unsaturated/α-hetero) is 1. The van der Waals surface area contributed by atoms with E-state index in [4.69, 9.17) is 4.74 Å². The zero-order chi connectivity index (χ0) is 18.4. The molecule has 3 nitrogen and oxygen atoms in total. The summed E-state index contributed by atoms with van der Waals surface area (Å²) in [5.74, 6) is 0.0699. The molecule has 0 aromatic heterocycles. The van der Waals surface area contributed by atoms with Crippen LogP contribution in [0.4, 0.5) is 0 Å². The molecule has 0 atom stereocenters. The van der Waals surface area contributed by atoms with Crippen molar-refractivity contribution < 1.29 is 14.3 Å². The van der Waals surface area contributed by atoms with Crippen LogP contribution in [-0.4, -0.2) is 18.4 Å². The first-order valence-electron chi connectivity index (χ1n) is 9.15. The molecule has 0 unspecified atom stereocenters. The van der Waals surface area contributed by atoms with Crippen molar-refractivity contribution in [1.82, 2.24) is 0 Å². The van der Waals surface area contributed by atoms with Crippen LogP contribution in [0.25, 0.3) is 0 Å². The van der Waals surface area contributed by atoms with Crippen LogP contribution < -0.4 is 0 Å². The van der Waals surface area contributed by atoms with Gasteiger partial charge in [-0.1, -0.05) is 71.6 Å². The third-order valence-electron chi connectivity index (χ3n) is 4.94. The molecule has 136 valence electrons. The zero-order valence-corrected chi connectivity index (χ0v) is 16.3. The summed E-state index contributed by atoms with van der Waals surface area (Å²) in [6.07, 6.45) is 6.56. The van der Waals surface area contributed by atoms with Gasteiger partial charge in [-0.3, -0.25) is 9.59 Å². The first-order chi connectivity index (χ1) is 12.6. The number of carbonyl (C=O) groups excluding carboxylic acids is 2. The highest BCUT2D eigenvalue weighted by Crippen LogP contribution is 2.32. The van der Waals surface area contributed by atoms with Gasteiger partial charge in [-0.05, 0) is 42.0 Å². The van der Waals surface area contributed by atoms with Crippen molar-refractivity contribution in [2.75, 3.05) is 6.61 Å². The van der Waals surface area contributed by atoms with Crippen LogP contribution in [0.5, 0.6) is 0 Å². The second-order valence-corrected chi connectivity index (χ2v) is 7.76. The molecule has 1 aliphatic carbocycles. The molecule has 3 rings (SSSR count). The fourth-order valence-corrected chi connectivity index (χ4v) is 3.69. The summed E-state index contributed by atoms with van der Waals surface area (Å²) in [6.45, 7) is -0.210. The van der Waals surface area contributed by atoms with Crippen molar-refractivity contribution in [3.8, 4) is 0 Å². The number of hydrogen-bond acceptors (Lipinski definition) is 3. The second-order valence-electron chi connectivity index (χ2n) is 6.84. The van der Waals surface area contributed by atoms with Gasteiger partial charge in [0, 0.05) is 10.0 Å². The fourth-order valence-electron chi connectivity index (χ4n) is 3.43. The maximum atomic E-state index is 12.3. The first-order valence-corrected chi connectivity index (χ1v) is 9.94. The molecule has 1 saturated carbocycles. The molecule has 0 bridgehead atoms. The van der Waals surface area contributed by atoms with E-state index in [1.165, 1.54) is 37.7 Å². The molecule has 0 saturated heterocycles. The van der Waals surface area contributed by atoms with E-state index >= 15 is 0 Å². The number of ketones is 1. The van der Waals surface area contributed by atoms with Gasteiger partial charge in [0.05, 0.1) is 6.42 Å². The molecule has 0 spiro atoms. The average molecular weight is 415 g/mol. The first kappa shape index (κ1) is 18.8. The van der Waals surface area contributed by atoms with Crippen LogP contribution in [0.1, 0.15) is 59.5 Å². The number of ether oxygens (including phenoxy) is 1. The highest BCUT2D eigenvalue weighted by molar-refractivity contribution is 9.10. The Hall–Kier alpha value is -1.94. The van der Waals surface area contributed by atoms with Crippen molar-refractivity contribution in [2.45, 2.75) is 44.4 Å². The number of hydrogen-bond donors (Lipinski definition) is 0. The quantitative estimate of drug-likeness (QED) is 0.465. The predicted molar refractivity (Wildman–Crippen MR) is 105 cm³/mol. The lowest BCUT2D eigenvalue weighted by molar-refractivity contribution is -0.141. The van der Waals surface area contributed by atoms with Gasteiger partial charge in [-0.25, -0.2) is 0 Å². The Bertz CT molecular complexity index is 744. The molecule has 0 radical (unpaired) electrons. The summed E-state index contributed by atoms with van der Waals surface area (Å²) in [7, 11) is 0. The van der Waals surface area contributed by atoms with E-state index in [-0.39, 0.29) is 24.8 Å². The van der Waals surface area contributed by atoms with Crippen LogP contribution in [0.2, 0.25) is 0 Å². The molecule has 1 fully saturated rings. The van der Waals surface area contributed by atoms with Gasteiger partial charge < -0.3 is 4.74 Å². The maximum Gasteiger partial charge on any atom is 0.310 e. The molecular weight excluding hydrogens is 392 g/mol. The molecule has 26 heavy (non-hydrogen) atoms. The van der Waals surface area contributed by atoms with Gasteiger partial charge in [-0.15, -0.1) is 0 Å². The van der Waals surface area contributed by atoms with Gasteiger partial charge in [0.25, 0.3) is 0 Å². The smallest absolute Gasteiger partial charge is 0.310 e. The molecule has 2 aromatic carbocycles. The Balaban J connectivity index is 1.49. The van der Waals surface area contributed by atoms with Crippen LogP contribution in [0.3, 0.4) is 0 Å². The van der Waals surface area contributed by atoms with E-state index in [1.807, 2.05) is 48.5 Å². The summed E-state index contributed by atoms with van der Waals surface area (Å²) in [4.78, 5) is 24.2. The Labute approximate surface area is 162 Å². The largest absolute Gasteiger partial charge is 0.457 e. The zero-order valence-electron chi connectivity index (χ0n) is 14.7. The Morgan fingerprint density at radius 2 is 1.58 bits per heavy atom. The molecular formula is C22H23BrO3. The molecule has 0 amide bonds. The van der Waals surface area contributed by atoms with Crippen LogP contribution in [0, 0.1) is 0 Å². The van der Waals surface area contributed by atoms with E-state index in [0.717, 1.165) is 10.0 Å². The predicted octanol–water partition coefficient (Wildman–Crippen LogP) is 5.47. The van der Waals surface area contributed by atoms with E-state index in [9.17, 15) is 9.59 Å². The highest BCUT2D eigenvalue weighted by Gasteiger charge is 2.16. The summed E-state index contributed by atoms with van der Waals surface area (Å²) in [6, 6.07) is 15.3. The minimum Gasteiger partial charge on any atom is -0.457 e. The number of rotatable bonds is 6. The van der Waals surface area contributed by atoms with Gasteiger partial charge >= 0.3 is 5.97 Å². The molecule has 0 N–H and O–H groups in total. The van der Waals surface area contributed by atoms with E-state index in [0.29, 0.717) is 11.5 Å². The van der Waals surface area contributed by atoms with Crippen molar-refractivity contribution in [1.29, 1.82) is 0 Å². The Morgan fingerprint density at radius 1 is 0.923 bits per heavy atom. The summed E-state index contributed by atoms with van der Waals surface area (Å²) < 4.78 is 6.10. The lowest BCUT2D eigenvalue weighted by atomic mass is 9.84. The Kier molecular flexibility index (Phi) is 6.62. The highest BCUT2D eigenvalue weighted by atomic mass is 79.9. The molecule has 4 heteroatoms. The molecule has 2 aromatic rings. The van der Waals surface area contributed by atoms with Crippen LogP contribution in [-0.2, 0) is 16.0 Å². The normalized spacial score (nSPS) is 14.8. The van der Waals surface area contributed by atoms with Crippen molar-refractivity contribution >= 4 is 27.7 Å². The lowest BCUT2D eigenvalue weighted by Gasteiger charge is -2.22. The van der Waals surface area contributed by atoms with Gasteiger partial charge in [0.1, 0.15) is 0 Å². The monoisotopic (exact) mass is 414 g/mol. The van der Waals surface area contributed by atoms with Gasteiger partial charge in [0.15, 0.2) is 12.4 Å². The van der Waals surface area contributed by atoms with Gasteiger partial charge in [-0.2, -0.15) is 0 Å². The average Bonchev–Trinajstić information content (AvgIpc) is 2.69. The molecule has 1 aliphatic rings. The summed E-state index contributed by atoms with van der Waals surface area (Å²) in [5.41, 5.74) is 2.77. The molecule has 0 aliphatic heterocycles. The van der Waals surface area contributed by atoms with Crippen LogP contribution >= 0.6 is 15.9 Å². The lowest BCUT2D eigenvalue weighted by Crippen LogP contribution is -2.15. The van der Waals surface area contributed by atoms with Gasteiger partial charge in [0.2, 0.25) is 0 Å². The Morgan fingerprint density at radius 3 is 2.23 bits per heavy atom. The minimum absolute atomic E-state index is 0.163. The maximum absolute atomic E-state index is 12.3. The van der Waals surface area contributed by atoms with Crippen molar-refractivity contribution in [2.24, 2.45) is 0 Å². The van der Waals surface area contributed by atoms with E-state index < -0.39 is 0 Å². The third kappa shape index (κ3) is 5.28. The number of carbonyl (C=O) groups is 2. The van der Waals surface area contributed by atoms with E-state index in [1.54, 1.807) is 0 Å². The second kappa shape index (κ2) is 9.13. The standard InChI is InChI=1S/C22H23BrO3/c23-20-12-6-16(7-13-20)14-22(25)26-15-21(24)19-10-8-18(9-11-19)17-4-2-1-3-5-17/h6-13,17H,1-5,14-15H2. The minimum atomic E-state index is -0.389. The number of halogens is 1. The number of esters is 1. The topological polar surface area (TPSA) is 43.4 Å². The van der Waals surface area contributed by atoms with Crippen molar-refractivity contribution in [3.63, 3.8) is 0 Å². The van der Waals surface area contributed by atoms with E-state index in [2.05, 4.69) is 15.9 Å². The van der Waals surface area contributed by atoms with Crippen molar-refractivity contribution in [3.05, 3.63) is 69.7 Å². The summed E-state index contributed by atoms with van der Waals surface area (Å²) in [5, 5.41) is 0. The SMILES string of the molecule is O=C(Cc1ccc(Br)cc1)OCC(=O)c1ccc(C2CCCCC2)cc1. The summed E-state index contributed by atoms with van der Waals surface area (Å²) >= 11 is 3.36. The number of benzene rings is 2.